The van der Waals surface area contributed by atoms with E-state index < -0.39 is 0 Å². The monoisotopic (exact) mass is 352 g/mol. The van der Waals surface area contributed by atoms with E-state index in [1.807, 2.05) is 12.1 Å². The Hall–Kier alpha value is -2.24. The summed E-state index contributed by atoms with van der Waals surface area (Å²) in [6.45, 7) is 6.48. The molecule has 1 fully saturated rings. The molecule has 3 aliphatic rings. The maximum absolute atomic E-state index is 5.97. The van der Waals surface area contributed by atoms with Crippen LogP contribution in [-0.2, 0) is 13.0 Å². The van der Waals surface area contributed by atoms with Gasteiger partial charge in [-0.05, 0) is 35.7 Å². The summed E-state index contributed by atoms with van der Waals surface area (Å²) in [5, 5.41) is 0. The van der Waals surface area contributed by atoms with Crippen LogP contribution in [-0.4, -0.2) is 55.4 Å². The van der Waals surface area contributed by atoms with Crippen LogP contribution in [0.25, 0.3) is 0 Å². The van der Waals surface area contributed by atoms with Crippen LogP contribution in [0, 0.1) is 0 Å². The molecule has 1 atom stereocenters. The first kappa shape index (κ1) is 16.0. The average Bonchev–Trinajstić information content (AvgIpc) is 3.16. The van der Waals surface area contributed by atoms with Gasteiger partial charge in [-0.15, -0.1) is 0 Å². The zero-order valence-electron chi connectivity index (χ0n) is 14.9. The van der Waals surface area contributed by atoms with Gasteiger partial charge in [0, 0.05) is 38.8 Å². The van der Waals surface area contributed by atoms with Crippen LogP contribution in [0.15, 0.2) is 42.5 Å². The van der Waals surface area contributed by atoms with E-state index in [1.165, 1.54) is 11.1 Å². The van der Waals surface area contributed by atoms with Gasteiger partial charge in [-0.1, -0.05) is 24.3 Å². The molecule has 2 aromatic rings. The van der Waals surface area contributed by atoms with Crippen LogP contribution < -0.4 is 14.2 Å². The van der Waals surface area contributed by atoms with E-state index in [1.54, 1.807) is 0 Å². The number of benzene rings is 2. The quantitative estimate of drug-likeness (QED) is 0.848. The Morgan fingerprint density at radius 2 is 1.69 bits per heavy atom. The first-order valence-corrected chi connectivity index (χ1v) is 9.41. The van der Waals surface area contributed by atoms with Crippen molar-refractivity contribution >= 4 is 0 Å². The molecule has 2 aromatic carbocycles. The van der Waals surface area contributed by atoms with Crippen LogP contribution in [0.5, 0.6) is 17.2 Å². The summed E-state index contributed by atoms with van der Waals surface area (Å²) >= 11 is 0. The van der Waals surface area contributed by atoms with Crippen molar-refractivity contribution in [2.75, 3.05) is 39.6 Å². The molecular formula is C21H24N2O3. The largest absolute Gasteiger partial charge is 0.492 e. The number of piperazine rings is 1. The molecular weight excluding hydrogens is 328 g/mol. The second-order valence-electron chi connectivity index (χ2n) is 7.28. The van der Waals surface area contributed by atoms with E-state index in [9.17, 15) is 0 Å². The molecule has 1 unspecified atom stereocenters. The molecule has 0 N–H and O–H groups in total. The molecule has 5 heteroatoms. The molecule has 0 radical (unpaired) electrons. The van der Waals surface area contributed by atoms with Gasteiger partial charge < -0.3 is 14.2 Å². The highest BCUT2D eigenvalue weighted by Gasteiger charge is 2.28. The maximum Gasteiger partial charge on any atom is 0.231 e. The summed E-state index contributed by atoms with van der Waals surface area (Å²) in [5.74, 6) is 2.79. The van der Waals surface area contributed by atoms with Gasteiger partial charge in [0.25, 0.3) is 0 Å². The Labute approximate surface area is 154 Å². The molecule has 5 rings (SSSR count). The fraction of sp³-hybridized carbons (Fsp3) is 0.429. The fourth-order valence-electron chi connectivity index (χ4n) is 4.13. The number of hydrogen-bond acceptors (Lipinski definition) is 5. The lowest BCUT2D eigenvalue weighted by Gasteiger charge is -2.40. The SMILES string of the molecule is c1ccc2c(c1)CC(N1CCN(Cc3ccc4c(c3)OCO4)CC1)CO2. The molecule has 5 nitrogen and oxygen atoms in total. The van der Waals surface area contributed by atoms with Crippen LogP contribution in [0.1, 0.15) is 11.1 Å². The lowest BCUT2D eigenvalue weighted by molar-refractivity contribution is 0.0607. The number of fused-ring (bicyclic) bond motifs is 2. The number of hydrogen-bond donors (Lipinski definition) is 0. The van der Waals surface area contributed by atoms with Gasteiger partial charge in [-0.3, -0.25) is 9.80 Å². The van der Waals surface area contributed by atoms with Crippen molar-refractivity contribution in [2.45, 2.75) is 19.0 Å². The average molecular weight is 352 g/mol. The molecule has 0 spiro atoms. The van der Waals surface area contributed by atoms with Crippen molar-refractivity contribution in [3.8, 4) is 17.2 Å². The van der Waals surface area contributed by atoms with Crippen LogP contribution in [0.3, 0.4) is 0 Å². The van der Waals surface area contributed by atoms with E-state index in [2.05, 4.69) is 40.1 Å². The summed E-state index contributed by atoms with van der Waals surface area (Å²) in [5.41, 5.74) is 2.63. The highest BCUT2D eigenvalue weighted by molar-refractivity contribution is 5.44. The van der Waals surface area contributed by atoms with Crippen molar-refractivity contribution in [1.29, 1.82) is 0 Å². The van der Waals surface area contributed by atoms with Gasteiger partial charge in [0.15, 0.2) is 11.5 Å². The van der Waals surface area contributed by atoms with Gasteiger partial charge in [-0.2, -0.15) is 0 Å². The summed E-state index contributed by atoms with van der Waals surface area (Å²) in [6.07, 6.45) is 1.10. The third-order valence-electron chi connectivity index (χ3n) is 5.63. The normalized spacial score (nSPS) is 22.7. The highest BCUT2D eigenvalue weighted by Crippen LogP contribution is 2.33. The Bertz CT molecular complexity index is 787. The summed E-state index contributed by atoms with van der Waals surface area (Å²) in [4.78, 5) is 5.11. The predicted molar refractivity (Wildman–Crippen MR) is 98.8 cm³/mol. The first-order chi connectivity index (χ1) is 12.8. The topological polar surface area (TPSA) is 34.2 Å². The molecule has 0 bridgehead atoms. The molecule has 0 saturated carbocycles. The zero-order chi connectivity index (χ0) is 17.3. The molecule has 3 heterocycles. The molecule has 136 valence electrons. The minimum atomic E-state index is 0.337. The van der Waals surface area contributed by atoms with Crippen LogP contribution in [0.2, 0.25) is 0 Å². The summed E-state index contributed by atoms with van der Waals surface area (Å²) in [7, 11) is 0. The van der Waals surface area contributed by atoms with E-state index in [0.29, 0.717) is 12.8 Å². The van der Waals surface area contributed by atoms with Crippen molar-refractivity contribution in [3.05, 3.63) is 53.6 Å². The zero-order valence-corrected chi connectivity index (χ0v) is 14.9. The molecule has 0 amide bonds. The summed E-state index contributed by atoms with van der Waals surface area (Å²) in [6, 6.07) is 15.2. The van der Waals surface area contributed by atoms with E-state index in [0.717, 1.165) is 63.0 Å². The number of para-hydroxylation sites is 1. The van der Waals surface area contributed by atoms with Crippen molar-refractivity contribution in [2.24, 2.45) is 0 Å². The second-order valence-corrected chi connectivity index (χ2v) is 7.28. The third kappa shape index (κ3) is 3.13. The van der Waals surface area contributed by atoms with E-state index >= 15 is 0 Å². The Kier molecular flexibility index (Phi) is 4.19. The van der Waals surface area contributed by atoms with Crippen molar-refractivity contribution < 1.29 is 14.2 Å². The number of rotatable bonds is 3. The second kappa shape index (κ2) is 6.82. The van der Waals surface area contributed by atoms with Gasteiger partial charge in [-0.25, -0.2) is 0 Å². The summed E-state index contributed by atoms with van der Waals surface area (Å²) < 4.78 is 16.9. The number of nitrogens with zero attached hydrogens (tertiary/aromatic N) is 2. The smallest absolute Gasteiger partial charge is 0.231 e. The van der Waals surface area contributed by atoms with Gasteiger partial charge in [0.05, 0.1) is 0 Å². The van der Waals surface area contributed by atoms with Gasteiger partial charge >= 0.3 is 0 Å². The van der Waals surface area contributed by atoms with E-state index in [-0.39, 0.29) is 0 Å². The van der Waals surface area contributed by atoms with E-state index in [4.69, 9.17) is 14.2 Å². The Morgan fingerprint density at radius 3 is 2.62 bits per heavy atom. The van der Waals surface area contributed by atoms with Gasteiger partial charge in [0.1, 0.15) is 12.4 Å². The van der Waals surface area contributed by atoms with Crippen LogP contribution >= 0.6 is 0 Å². The van der Waals surface area contributed by atoms with Crippen LogP contribution in [0.4, 0.5) is 0 Å². The molecule has 1 saturated heterocycles. The first-order valence-electron chi connectivity index (χ1n) is 9.41. The fourth-order valence-corrected chi connectivity index (χ4v) is 4.13. The molecule has 0 aromatic heterocycles. The Balaban J connectivity index is 1.17. The lowest BCUT2D eigenvalue weighted by Crippen LogP contribution is -2.53. The maximum atomic E-state index is 5.97. The number of ether oxygens (including phenoxy) is 3. The predicted octanol–water partition coefficient (Wildman–Crippen LogP) is 2.54. The van der Waals surface area contributed by atoms with Crippen molar-refractivity contribution in [3.63, 3.8) is 0 Å². The minimum Gasteiger partial charge on any atom is -0.492 e. The standard InChI is InChI=1S/C21H24N2O3/c1-2-4-19-17(3-1)12-18(14-24-19)23-9-7-22(8-10-23)13-16-5-6-20-21(11-16)26-15-25-20/h1-6,11,18H,7-10,12-15H2. The molecule has 26 heavy (non-hydrogen) atoms. The lowest BCUT2D eigenvalue weighted by atomic mass is 10.0. The van der Waals surface area contributed by atoms with Crippen molar-refractivity contribution in [1.82, 2.24) is 9.80 Å². The molecule has 3 aliphatic heterocycles. The minimum absolute atomic E-state index is 0.337. The molecule has 0 aliphatic carbocycles. The third-order valence-corrected chi connectivity index (χ3v) is 5.63. The van der Waals surface area contributed by atoms with Gasteiger partial charge in [0.2, 0.25) is 6.79 Å². The Morgan fingerprint density at radius 1 is 0.846 bits per heavy atom. The highest BCUT2D eigenvalue weighted by atomic mass is 16.7.